The van der Waals surface area contributed by atoms with Crippen molar-refractivity contribution in [2.45, 2.75) is 12.5 Å². The van der Waals surface area contributed by atoms with E-state index in [1.807, 2.05) is 0 Å². The number of rotatable bonds is 4. The minimum atomic E-state index is -4.55. The predicted octanol–water partition coefficient (Wildman–Crippen LogP) is 2.28. The van der Waals surface area contributed by atoms with Gasteiger partial charge in [-0.2, -0.15) is 17.6 Å². The van der Waals surface area contributed by atoms with E-state index in [1.165, 1.54) is 19.2 Å². The van der Waals surface area contributed by atoms with Gasteiger partial charge >= 0.3 is 12.5 Å². The third-order valence-corrected chi connectivity index (χ3v) is 1.85. The lowest BCUT2D eigenvalue weighted by molar-refractivity contribution is -0.253. The maximum atomic E-state index is 12.5. The molecule has 7 heteroatoms. The Labute approximate surface area is 94.4 Å². The van der Waals surface area contributed by atoms with Gasteiger partial charge in [-0.1, -0.05) is 0 Å². The van der Waals surface area contributed by atoms with Gasteiger partial charge < -0.3 is 10.1 Å². The Morgan fingerprint density at radius 1 is 1.29 bits per heavy atom. The third-order valence-electron chi connectivity index (χ3n) is 1.85. The molecule has 0 saturated heterocycles. The molecule has 0 aliphatic carbocycles. The first-order valence-corrected chi connectivity index (χ1v) is 4.54. The summed E-state index contributed by atoms with van der Waals surface area (Å²) in [7, 11) is 1.40. The summed E-state index contributed by atoms with van der Waals surface area (Å²) >= 11 is 0. The molecule has 0 aromatic heterocycles. The molecule has 0 atom stereocenters. The fourth-order valence-electron chi connectivity index (χ4n) is 1.02. The van der Waals surface area contributed by atoms with Crippen molar-refractivity contribution in [3.63, 3.8) is 0 Å². The van der Waals surface area contributed by atoms with Crippen LogP contribution in [0, 0.1) is 0 Å². The number of ether oxygens (including phenoxy) is 1. The zero-order chi connectivity index (χ0) is 13.1. The molecule has 1 rings (SSSR count). The molecule has 0 heterocycles. The summed E-state index contributed by atoms with van der Waals surface area (Å²) < 4.78 is 52.5. The van der Waals surface area contributed by atoms with Crippen molar-refractivity contribution in [1.29, 1.82) is 0 Å². The molecular weight excluding hydrogens is 242 g/mol. The lowest BCUT2D eigenvalue weighted by Crippen LogP contribution is -2.33. The topological polar surface area (TPSA) is 38.3 Å². The molecule has 0 aliphatic heterocycles. The van der Waals surface area contributed by atoms with Gasteiger partial charge in [0.1, 0.15) is 5.75 Å². The highest BCUT2D eigenvalue weighted by Crippen LogP contribution is 2.27. The molecule has 0 radical (unpaired) electrons. The molecule has 0 spiro atoms. The molecule has 0 unspecified atom stereocenters. The number of alkyl halides is 4. The summed E-state index contributed by atoms with van der Waals surface area (Å²) in [4.78, 5) is 11.1. The first-order valence-electron chi connectivity index (χ1n) is 4.54. The maximum absolute atomic E-state index is 12.5. The minimum absolute atomic E-state index is 0.209. The summed E-state index contributed by atoms with van der Waals surface area (Å²) in [5.74, 6) is -0.861. The molecule has 17 heavy (non-hydrogen) atoms. The van der Waals surface area contributed by atoms with Crippen molar-refractivity contribution in [3.05, 3.63) is 29.8 Å². The summed E-state index contributed by atoms with van der Waals surface area (Å²) in [6.07, 6.45) is -8.46. The monoisotopic (exact) mass is 251 g/mol. The number of carbonyl (C=O) groups is 1. The molecule has 3 nitrogen and oxygen atoms in total. The van der Waals surface area contributed by atoms with Crippen LogP contribution in [0.5, 0.6) is 5.75 Å². The van der Waals surface area contributed by atoms with Crippen molar-refractivity contribution >= 4 is 5.91 Å². The summed E-state index contributed by atoms with van der Waals surface area (Å²) in [5, 5.41) is 2.32. The van der Waals surface area contributed by atoms with E-state index < -0.39 is 24.2 Å². The lowest BCUT2D eigenvalue weighted by atomic mass is 10.2. The van der Waals surface area contributed by atoms with Crippen molar-refractivity contribution < 1.29 is 27.1 Å². The molecule has 1 N–H and O–H groups in total. The number of hydrogen-bond donors (Lipinski definition) is 1. The fourth-order valence-corrected chi connectivity index (χ4v) is 1.02. The van der Waals surface area contributed by atoms with Gasteiger partial charge in [-0.3, -0.25) is 4.79 Å². The predicted molar refractivity (Wildman–Crippen MR) is 51.4 cm³/mol. The standard InChI is InChI=1S/C10H9F4NO2/c1-15-8(16)6-2-4-7(5-3-6)17-10(13,14)9(11)12/h2-5,9H,1H3,(H,15,16). The van der Waals surface area contributed by atoms with Gasteiger partial charge in [-0.25, -0.2) is 0 Å². The van der Waals surface area contributed by atoms with E-state index >= 15 is 0 Å². The van der Waals surface area contributed by atoms with Gasteiger partial charge in [0.15, 0.2) is 0 Å². The number of amides is 1. The number of carbonyl (C=O) groups excluding carboxylic acids is 1. The smallest absolute Gasteiger partial charge is 0.428 e. The van der Waals surface area contributed by atoms with Crippen LogP contribution < -0.4 is 10.1 Å². The van der Waals surface area contributed by atoms with Gasteiger partial charge in [-0.05, 0) is 24.3 Å². The number of nitrogens with one attached hydrogen (secondary N) is 1. The Balaban J connectivity index is 2.79. The zero-order valence-electron chi connectivity index (χ0n) is 8.72. The van der Waals surface area contributed by atoms with E-state index in [4.69, 9.17) is 0 Å². The quantitative estimate of drug-likeness (QED) is 0.834. The first-order chi connectivity index (χ1) is 7.86. The largest absolute Gasteiger partial charge is 0.461 e. The number of halogens is 4. The molecule has 0 fully saturated rings. The average molecular weight is 251 g/mol. The van der Waals surface area contributed by atoms with Crippen molar-refractivity contribution in [1.82, 2.24) is 5.32 Å². The normalized spacial score (nSPS) is 11.4. The minimum Gasteiger partial charge on any atom is -0.428 e. The van der Waals surface area contributed by atoms with E-state index in [0.717, 1.165) is 12.1 Å². The molecule has 94 valence electrons. The van der Waals surface area contributed by atoms with E-state index in [0.29, 0.717) is 0 Å². The molecule has 1 aromatic rings. The van der Waals surface area contributed by atoms with Gasteiger partial charge in [0.25, 0.3) is 5.91 Å². The van der Waals surface area contributed by atoms with Crippen LogP contribution in [0.4, 0.5) is 17.6 Å². The van der Waals surface area contributed by atoms with Crippen LogP contribution in [0.25, 0.3) is 0 Å². The number of hydrogen-bond acceptors (Lipinski definition) is 2. The van der Waals surface area contributed by atoms with Gasteiger partial charge in [-0.15, -0.1) is 0 Å². The number of benzene rings is 1. The highest BCUT2D eigenvalue weighted by molar-refractivity contribution is 5.94. The van der Waals surface area contributed by atoms with Crippen LogP contribution in [-0.4, -0.2) is 25.5 Å². The van der Waals surface area contributed by atoms with E-state index in [-0.39, 0.29) is 5.56 Å². The van der Waals surface area contributed by atoms with Crippen LogP contribution in [0.3, 0.4) is 0 Å². The molecule has 0 bridgehead atoms. The van der Waals surface area contributed by atoms with Crippen LogP contribution in [0.1, 0.15) is 10.4 Å². The highest BCUT2D eigenvalue weighted by Gasteiger charge is 2.43. The Morgan fingerprint density at radius 3 is 2.24 bits per heavy atom. The van der Waals surface area contributed by atoms with Crippen molar-refractivity contribution in [2.24, 2.45) is 0 Å². The molecule has 1 aromatic carbocycles. The average Bonchev–Trinajstić information content (AvgIpc) is 2.28. The van der Waals surface area contributed by atoms with E-state index in [2.05, 4.69) is 10.1 Å². The second kappa shape index (κ2) is 5.03. The lowest BCUT2D eigenvalue weighted by Gasteiger charge is -2.16. The third kappa shape index (κ3) is 3.33. The Bertz CT molecular complexity index is 392. The van der Waals surface area contributed by atoms with E-state index in [9.17, 15) is 22.4 Å². The molecule has 0 aliphatic rings. The van der Waals surface area contributed by atoms with Crippen LogP contribution in [0.2, 0.25) is 0 Å². The van der Waals surface area contributed by atoms with Crippen molar-refractivity contribution in [3.8, 4) is 5.75 Å². The maximum Gasteiger partial charge on any atom is 0.461 e. The Kier molecular flexibility index (Phi) is 3.93. The second-order valence-electron chi connectivity index (χ2n) is 3.07. The van der Waals surface area contributed by atoms with Crippen LogP contribution in [0.15, 0.2) is 24.3 Å². The molecule has 1 amide bonds. The Hall–Kier alpha value is -1.79. The second-order valence-corrected chi connectivity index (χ2v) is 3.07. The summed E-state index contributed by atoms with van der Waals surface area (Å²) in [5.41, 5.74) is 0.209. The van der Waals surface area contributed by atoms with Gasteiger partial charge in [0.2, 0.25) is 0 Å². The van der Waals surface area contributed by atoms with Crippen LogP contribution in [-0.2, 0) is 0 Å². The Morgan fingerprint density at radius 2 is 1.82 bits per heavy atom. The van der Waals surface area contributed by atoms with Crippen molar-refractivity contribution in [2.75, 3.05) is 7.05 Å². The highest BCUT2D eigenvalue weighted by atomic mass is 19.3. The molecule has 0 saturated carbocycles. The van der Waals surface area contributed by atoms with Gasteiger partial charge in [0, 0.05) is 12.6 Å². The fraction of sp³-hybridized carbons (Fsp3) is 0.300. The summed E-state index contributed by atoms with van der Waals surface area (Å²) in [6.45, 7) is 0. The van der Waals surface area contributed by atoms with Gasteiger partial charge in [0.05, 0.1) is 0 Å². The van der Waals surface area contributed by atoms with E-state index in [1.54, 1.807) is 0 Å². The molecular formula is C10H9F4NO2. The summed E-state index contributed by atoms with van der Waals surface area (Å²) in [6, 6.07) is 4.41. The SMILES string of the molecule is CNC(=O)c1ccc(OC(F)(F)C(F)F)cc1. The first kappa shape index (κ1) is 13.3. The van der Waals surface area contributed by atoms with Crippen LogP contribution >= 0.6 is 0 Å². The zero-order valence-corrected chi connectivity index (χ0v) is 8.72.